The molecule has 1 unspecified atom stereocenters. The molecule has 0 amide bonds. The Balaban J connectivity index is 1.38. The van der Waals surface area contributed by atoms with Crippen molar-refractivity contribution in [3.63, 3.8) is 0 Å². The number of aromatic nitrogens is 3. The van der Waals surface area contributed by atoms with Crippen molar-refractivity contribution in [1.82, 2.24) is 20.1 Å². The van der Waals surface area contributed by atoms with Gasteiger partial charge in [0.15, 0.2) is 5.82 Å². The second-order valence-corrected chi connectivity index (χ2v) is 9.56. The molecule has 138 valence electrons. The molecule has 0 radical (unpaired) electrons. The predicted molar refractivity (Wildman–Crippen MR) is 109 cm³/mol. The summed E-state index contributed by atoms with van der Waals surface area (Å²) in [7, 11) is 1.81. The monoisotopic (exact) mass is 399 g/mol. The van der Waals surface area contributed by atoms with E-state index in [2.05, 4.69) is 21.4 Å². The van der Waals surface area contributed by atoms with Gasteiger partial charge in [-0.25, -0.2) is 9.37 Å². The summed E-state index contributed by atoms with van der Waals surface area (Å²) < 4.78 is 17.2. The van der Waals surface area contributed by atoms with Gasteiger partial charge in [-0.1, -0.05) is 11.3 Å². The molecule has 5 nitrogen and oxygen atoms in total. The zero-order valence-corrected chi connectivity index (χ0v) is 16.5. The molecule has 4 aromatic rings. The lowest BCUT2D eigenvalue weighted by Crippen LogP contribution is -2.61. The first kappa shape index (κ1) is 16.0. The van der Waals surface area contributed by atoms with E-state index in [4.69, 9.17) is 4.98 Å². The molecule has 0 aliphatic carbocycles. The van der Waals surface area contributed by atoms with Crippen molar-refractivity contribution in [2.24, 2.45) is 7.05 Å². The van der Waals surface area contributed by atoms with Gasteiger partial charge in [0.2, 0.25) is 0 Å². The van der Waals surface area contributed by atoms with Gasteiger partial charge in [-0.15, -0.1) is 11.3 Å². The quantitative estimate of drug-likeness (QED) is 0.554. The van der Waals surface area contributed by atoms with Gasteiger partial charge in [-0.05, 0) is 37.6 Å². The molecule has 1 atom stereocenters. The summed E-state index contributed by atoms with van der Waals surface area (Å²) in [6.07, 6.45) is 4.34. The highest BCUT2D eigenvalue weighted by atomic mass is 32.1. The van der Waals surface area contributed by atoms with Crippen LogP contribution in [0.1, 0.15) is 12.8 Å². The third-order valence-corrected chi connectivity index (χ3v) is 8.09. The van der Waals surface area contributed by atoms with Crippen molar-refractivity contribution in [1.29, 1.82) is 0 Å². The van der Waals surface area contributed by atoms with E-state index in [1.165, 1.54) is 22.5 Å². The van der Waals surface area contributed by atoms with Gasteiger partial charge in [-0.2, -0.15) is 5.10 Å². The van der Waals surface area contributed by atoms with E-state index < -0.39 is 0 Å². The summed E-state index contributed by atoms with van der Waals surface area (Å²) >= 11 is 3.40. The molecule has 1 N–H and O–H groups in total. The third kappa shape index (κ3) is 2.30. The first-order chi connectivity index (χ1) is 13.1. The molecule has 2 saturated heterocycles. The summed E-state index contributed by atoms with van der Waals surface area (Å²) in [5.41, 5.74) is 1.56. The number of nitrogens with one attached hydrogen (secondary N) is 1. The van der Waals surface area contributed by atoms with E-state index in [-0.39, 0.29) is 5.82 Å². The lowest BCUT2D eigenvalue weighted by molar-refractivity contribution is 0.303. The zero-order valence-electron chi connectivity index (χ0n) is 14.8. The van der Waals surface area contributed by atoms with Gasteiger partial charge >= 0.3 is 0 Å². The molecule has 1 spiro atoms. The van der Waals surface area contributed by atoms with Gasteiger partial charge in [0, 0.05) is 37.3 Å². The first-order valence-electron chi connectivity index (χ1n) is 9.13. The lowest BCUT2D eigenvalue weighted by atomic mass is 9.84. The number of thiophene rings is 1. The second kappa shape index (κ2) is 5.50. The number of hydrogen-bond donors (Lipinski definition) is 1. The average Bonchev–Trinajstić information content (AvgIpc) is 3.35. The van der Waals surface area contributed by atoms with E-state index in [1.54, 1.807) is 33.4 Å². The minimum atomic E-state index is -0.293. The van der Waals surface area contributed by atoms with Crippen LogP contribution in [0, 0.1) is 5.82 Å². The lowest BCUT2D eigenvalue weighted by Gasteiger charge is -2.51. The number of halogens is 1. The van der Waals surface area contributed by atoms with Crippen LogP contribution in [0.15, 0.2) is 24.4 Å². The van der Waals surface area contributed by atoms with Crippen LogP contribution >= 0.6 is 22.7 Å². The molecule has 2 fully saturated rings. The summed E-state index contributed by atoms with van der Waals surface area (Å²) in [5, 5.41) is 10.7. The minimum Gasteiger partial charge on any atom is -0.356 e. The van der Waals surface area contributed by atoms with E-state index in [0.29, 0.717) is 11.1 Å². The van der Waals surface area contributed by atoms with Gasteiger partial charge in [0.05, 0.1) is 15.2 Å². The first-order valence-corrected chi connectivity index (χ1v) is 10.8. The fourth-order valence-corrected chi connectivity index (χ4v) is 6.71. The molecule has 6 rings (SSSR count). The Labute approximate surface area is 163 Å². The summed E-state index contributed by atoms with van der Waals surface area (Å²) in [5.74, 6) is -0.293. The molecule has 0 saturated carbocycles. The van der Waals surface area contributed by atoms with Crippen LogP contribution in [0.3, 0.4) is 0 Å². The Morgan fingerprint density at radius 1 is 1.22 bits per heavy atom. The molecule has 2 aliphatic heterocycles. The Kier molecular flexibility index (Phi) is 3.25. The predicted octanol–water partition coefficient (Wildman–Crippen LogP) is 3.99. The fraction of sp³-hybridized carbons (Fsp3) is 0.368. The van der Waals surface area contributed by atoms with Crippen molar-refractivity contribution >= 4 is 48.1 Å². The fourth-order valence-electron chi connectivity index (χ4n) is 4.37. The number of hydrogen-bond acceptors (Lipinski definition) is 6. The van der Waals surface area contributed by atoms with E-state index in [0.717, 1.165) is 40.4 Å². The van der Waals surface area contributed by atoms with Crippen molar-refractivity contribution < 1.29 is 4.39 Å². The number of thiazole rings is 1. The second-order valence-electron chi connectivity index (χ2n) is 7.52. The highest BCUT2D eigenvalue weighted by molar-refractivity contribution is 7.30. The van der Waals surface area contributed by atoms with Crippen LogP contribution in [0.2, 0.25) is 0 Å². The molecular weight excluding hydrogens is 381 g/mol. The molecule has 8 heteroatoms. The van der Waals surface area contributed by atoms with Crippen LogP contribution in [0.4, 0.5) is 9.39 Å². The molecule has 3 aromatic heterocycles. The smallest absolute Gasteiger partial charge is 0.152 e. The van der Waals surface area contributed by atoms with E-state index in [9.17, 15) is 4.39 Å². The minimum absolute atomic E-state index is 0.293. The number of anilines is 1. The third-order valence-electron chi connectivity index (χ3n) is 5.86. The van der Waals surface area contributed by atoms with E-state index in [1.807, 2.05) is 19.3 Å². The molecule has 27 heavy (non-hydrogen) atoms. The number of benzene rings is 1. The summed E-state index contributed by atoms with van der Waals surface area (Å²) in [6.45, 7) is 3.33. The van der Waals surface area contributed by atoms with Crippen LogP contribution in [0.25, 0.3) is 31.0 Å². The van der Waals surface area contributed by atoms with Gasteiger partial charge in [-0.3, -0.25) is 4.68 Å². The Hall–Kier alpha value is -2.03. The topological polar surface area (TPSA) is 46.0 Å². The van der Waals surface area contributed by atoms with Crippen LogP contribution < -0.4 is 10.2 Å². The van der Waals surface area contributed by atoms with Crippen molar-refractivity contribution in [3.05, 3.63) is 30.2 Å². The highest BCUT2D eigenvalue weighted by Gasteiger charge is 2.47. The van der Waals surface area contributed by atoms with Crippen LogP contribution in [-0.4, -0.2) is 39.9 Å². The van der Waals surface area contributed by atoms with Gasteiger partial charge in [0.1, 0.15) is 15.4 Å². The maximum Gasteiger partial charge on any atom is 0.152 e. The standard InChI is InChI=1S/C19H18FN5S2/c1-24-9-12-6-11(7-13(20)16(12)23-24)17-22-18-14(26-17)8-15(27-18)25-5-3-19(25)2-4-21-10-19/h6-9,21H,2-5,10H2,1H3. The Morgan fingerprint density at radius 2 is 2.15 bits per heavy atom. The summed E-state index contributed by atoms with van der Waals surface area (Å²) in [6, 6.07) is 5.79. The molecule has 0 bridgehead atoms. The largest absolute Gasteiger partial charge is 0.356 e. The number of aryl methyl sites for hydroxylation is 1. The maximum atomic E-state index is 14.4. The Bertz CT molecular complexity index is 1150. The van der Waals surface area contributed by atoms with Crippen LogP contribution in [0.5, 0.6) is 0 Å². The molecule has 2 aliphatic rings. The zero-order chi connectivity index (χ0) is 18.2. The normalized spacial score (nSPS) is 22.4. The molecule has 1 aromatic carbocycles. The van der Waals surface area contributed by atoms with Gasteiger partial charge < -0.3 is 10.2 Å². The molecular formula is C19H18FN5S2. The van der Waals surface area contributed by atoms with Crippen molar-refractivity contribution in [3.8, 4) is 10.6 Å². The van der Waals surface area contributed by atoms with Crippen molar-refractivity contribution in [2.45, 2.75) is 18.4 Å². The number of fused-ring (bicyclic) bond motifs is 2. The maximum absolute atomic E-state index is 14.4. The van der Waals surface area contributed by atoms with Crippen molar-refractivity contribution in [2.75, 3.05) is 24.5 Å². The highest BCUT2D eigenvalue weighted by Crippen LogP contribution is 2.46. The number of nitrogens with zero attached hydrogens (tertiary/aromatic N) is 4. The average molecular weight is 400 g/mol. The van der Waals surface area contributed by atoms with Gasteiger partial charge in [0.25, 0.3) is 0 Å². The van der Waals surface area contributed by atoms with E-state index >= 15 is 0 Å². The SMILES string of the molecule is Cn1cc2cc(-c3nc4sc(N5CCC56CCNC6)cc4s3)cc(F)c2n1. The Morgan fingerprint density at radius 3 is 2.89 bits per heavy atom. The molecule has 5 heterocycles. The summed E-state index contributed by atoms with van der Waals surface area (Å²) in [4.78, 5) is 8.41. The number of rotatable bonds is 2. The van der Waals surface area contributed by atoms with Crippen LogP contribution in [-0.2, 0) is 7.05 Å².